The molecule has 1 rings (SSSR count). The van der Waals surface area contributed by atoms with Crippen molar-refractivity contribution in [3.63, 3.8) is 0 Å². The predicted molar refractivity (Wildman–Crippen MR) is 57.9 cm³/mol. The normalized spacial score (nSPS) is 27.0. The molecular weight excluding hydrogens is 166 g/mol. The van der Waals surface area contributed by atoms with Crippen molar-refractivity contribution in [1.29, 1.82) is 0 Å². The van der Waals surface area contributed by atoms with Gasteiger partial charge in [-0.25, -0.2) is 0 Å². The molecule has 1 atom stereocenters. The molecule has 1 aliphatic rings. The van der Waals surface area contributed by atoms with Crippen molar-refractivity contribution in [2.45, 2.75) is 32.6 Å². The van der Waals surface area contributed by atoms with E-state index in [1.165, 1.54) is 45.3 Å². The molecule has 0 aromatic heterocycles. The van der Waals surface area contributed by atoms with Crippen molar-refractivity contribution < 1.29 is 0 Å². The SMILES string of the molecule is CC1CCCN(CCCS)CC1. The summed E-state index contributed by atoms with van der Waals surface area (Å²) < 4.78 is 0. The molecule has 0 spiro atoms. The van der Waals surface area contributed by atoms with Gasteiger partial charge >= 0.3 is 0 Å². The maximum absolute atomic E-state index is 4.24. The van der Waals surface area contributed by atoms with E-state index >= 15 is 0 Å². The fraction of sp³-hybridized carbons (Fsp3) is 1.00. The van der Waals surface area contributed by atoms with Gasteiger partial charge in [0.25, 0.3) is 0 Å². The van der Waals surface area contributed by atoms with Crippen LogP contribution in [0.15, 0.2) is 0 Å². The minimum Gasteiger partial charge on any atom is -0.303 e. The van der Waals surface area contributed by atoms with E-state index in [4.69, 9.17) is 0 Å². The summed E-state index contributed by atoms with van der Waals surface area (Å²) in [6, 6.07) is 0. The molecule has 1 heterocycles. The molecule has 1 fully saturated rings. The molecule has 0 aromatic carbocycles. The maximum Gasteiger partial charge on any atom is -0.00110 e. The number of thiol groups is 1. The summed E-state index contributed by atoms with van der Waals surface area (Å²) in [6.45, 7) is 6.27. The van der Waals surface area contributed by atoms with Crippen LogP contribution in [-0.2, 0) is 0 Å². The monoisotopic (exact) mass is 187 g/mol. The van der Waals surface area contributed by atoms with Crippen LogP contribution in [0.5, 0.6) is 0 Å². The Morgan fingerprint density at radius 3 is 2.92 bits per heavy atom. The Morgan fingerprint density at radius 2 is 2.17 bits per heavy atom. The van der Waals surface area contributed by atoms with Crippen molar-refractivity contribution in [2.24, 2.45) is 5.92 Å². The third-order valence-corrected chi connectivity index (χ3v) is 3.06. The summed E-state index contributed by atoms with van der Waals surface area (Å²) in [5, 5.41) is 0. The third kappa shape index (κ3) is 3.81. The van der Waals surface area contributed by atoms with Crippen molar-refractivity contribution in [2.75, 3.05) is 25.4 Å². The molecule has 0 N–H and O–H groups in total. The lowest BCUT2D eigenvalue weighted by atomic mass is 10.0. The van der Waals surface area contributed by atoms with Crippen molar-refractivity contribution in [1.82, 2.24) is 4.90 Å². The second-order valence-electron chi connectivity index (χ2n) is 3.95. The first-order valence-electron chi connectivity index (χ1n) is 5.16. The molecule has 1 aliphatic heterocycles. The van der Waals surface area contributed by atoms with E-state index in [2.05, 4.69) is 24.5 Å². The highest BCUT2D eigenvalue weighted by atomic mass is 32.1. The first-order valence-corrected chi connectivity index (χ1v) is 5.79. The summed E-state index contributed by atoms with van der Waals surface area (Å²) >= 11 is 4.24. The van der Waals surface area contributed by atoms with Gasteiger partial charge in [0.2, 0.25) is 0 Å². The summed E-state index contributed by atoms with van der Waals surface area (Å²) in [4.78, 5) is 2.60. The first kappa shape index (κ1) is 10.4. The molecule has 0 aromatic rings. The van der Waals surface area contributed by atoms with Crippen LogP contribution in [0.25, 0.3) is 0 Å². The molecule has 0 amide bonds. The van der Waals surface area contributed by atoms with Gasteiger partial charge in [0, 0.05) is 0 Å². The summed E-state index contributed by atoms with van der Waals surface area (Å²) in [5.41, 5.74) is 0. The lowest BCUT2D eigenvalue weighted by Gasteiger charge is -2.18. The quantitative estimate of drug-likeness (QED) is 0.664. The minimum atomic E-state index is 0.950. The highest BCUT2D eigenvalue weighted by Crippen LogP contribution is 2.16. The van der Waals surface area contributed by atoms with Crippen LogP contribution in [-0.4, -0.2) is 30.3 Å². The molecule has 1 unspecified atom stereocenters. The van der Waals surface area contributed by atoms with Gasteiger partial charge < -0.3 is 4.90 Å². The average molecular weight is 187 g/mol. The fourth-order valence-electron chi connectivity index (χ4n) is 1.84. The smallest absolute Gasteiger partial charge is 0.00110 e. The molecule has 0 radical (unpaired) electrons. The summed E-state index contributed by atoms with van der Waals surface area (Å²) in [6.07, 6.45) is 5.47. The molecule has 1 saturated heterocycles. The first-order chi connectivity index (χ1) is 5.83. The second-order valence-corrected chi connectivity index (χ2v) is 4.40. The van der Waals surface area contributed by atoms with Crippen LogP contribution in [0.3, 0.4) is 0 Å². The van der Waals surface area contributed by atoms with Gasteiger partial charge in [0.05, 0.1) is 0 Å². The topological polar surface area (TPSA) is 3.24 Å². The lowest BCUT2D eigenvalue weighted by Crippen LogP contribution is -2.26. The highest BCUT2D eigenvalue weighted by Gasteiger charge is 2.12. The molecule has 0 saturated carbocycles. The van der Waals surface area contributed by atoms with E-state index in [0.717, 1.165) is 11.7 Å². The number of hydrogen-bond acceptors (Lipinski definition) is 2. The standard InChI is InChI=1S/C10H21NS/c1-10-4-2-6-11(8-5-10)7-3-9-12/h10,12H,2-9H2,1H3. The van der Waals surface area contributed by atoms with Crippen LogP contribution in [0.4, 0.5) is 0 Å². The van der Waals surface area contributed by atoms with Crippen LogP contribution >= 0.6 is 12.6 Å². The van der Waals surface area contributed by atoms with Gasteiger partial charge in [-0.05, 0) is 57.0 Å². The Bertz CT molecular complexity index is 114. The zero-order chi connectivity index (χ0) is 8.81. The molecule has 0 aliphatic carbocycles. The Hall–Kier alpha value is 0.310. The highest BCUT2D eigenvalue weighted by molar-refractivity contribution is 7.80. The van der Waals surface area contributed by atoms with Crippen LogP contribution in [0, 0.1) is 5.92 Å². The van der Waals surface area contributed by atoms with Crippen molar-refractivity contribution in [3.8, 4) is 0 Å². The zero-order valence-corrected chi connectivity index (χ0v) is 9.02. The summed E-state index contributed by atoms with van der Waals surface area (Å²) in [5.74, 6) is 1.98. The minimum absolute atomic E-state index is 0.950. The van der Waals surface area contributed by atoms with Gasteiger partial charge in [-0.3, -0.25) is 0 Å². The van der Waals surface area contributed by atoms with Gasteiger partial charge in [0.1, 0.15) is 0 Å². The third-order valence-electron chi connectivity index (χ3n) is 2.74. The van der Waals surface area contributed by atoms with E-state index in [1.807, 2.05) is 0 Å². The molecular formula is C10H21NS. The Balaban J connectivity index is 2.17. The second kappa shape index (κ2) is 5.87. The Kier molecular flexibility index (Phi) is 5.08. The van der Waals surface area contributed by atoms with Crippen molar-refractivity contribution >= 4 is 12.6 Å². The van der Waals surface area contributed by atoms with Crippen LogP contribution in [0.1, 0.15) is 32.6 Å². The van der Waals surface area contributed by atoms with Crippen LogP contribution < -0.4 is 0 Å². The number of hydrogen-bond donors (Lipinski definition) is 1. The molecule has 2 heteroatoms. The van der Waals surface area contributed by atoms with E-state index in [1.54, 1.807) is 0 Å². The largest absolute Gasteiger partial charge is 0.303 e. The van der Waals surface area contributed by atoms with E-state index in [9.17, 15) is 0 Å². The number of nitrogens with zero attached hydrogens (tertiary/aromatic N) is 1. The van der Waals surface area contributed by atoms with E-state index < -0.39 is 0 Å². The Labute approximate surface area is 81.9 Å². The zero-order valence-electron chi connectivity index (χ0n) is 8.13. The van der Waals surface area contributed by atoms with Crippen molar-refractivity contribution in [3.05, 3.63) is 0 Å². The summed E-state index contributed by atoms with van der Waals surface area (Å²) in [7, 11) is 0. The van der Waals surface area contributed by atoms with E-state index in [0.29, 0.717) is 0 Å². The number of likely N-dealkylation sites (tertiary alicyclic amines) is 1. The molecule has 72 valence electrons. The Morgan fingerprint density at radius 1 is 1.33 bits per heavy atom. The number of rotatable bonds is 3. The molecule has 1 nitrogen and oxygen atoms in total. The molecule has 0 bridgehead atoms. The van der Waals surface area contributed by atoms with Gasteiger partial charge in [-0.1, -0.05) is 6.92 Å². The molecule has 12 heavy (non-hydrogen) atoms. The fourth-order valence-corrected chi connectivity index (χ4v) is 1.98. The van der Waals surface area contributed by atoms with Gasteiger partial charge in [-0.15, -0.1) is 0 Å². The predicted octanol–water partition coefficient (Wildman–Crippen LogP) is 2.43. The van der Waals surface area contributed by atoms with E-state index in [-0.39, 0.29) is 0 Å². The average Bonchev–Trinajstić information content (AvgIpc) is 2.27. The lowest BCUT2D eigenvalue weighted by molar-refractivity contribution is 0.283. The van der Waals surface area contributed by atoms with Gasteiger partial charge in [-0.2, -0.15) is 12.6 Å². The maximum atomic E-state index is 4.24. The van der Waals surface area contributed by atoms with Gasteiger partial charge in [0.15, 0.2) is 0 Å². The van der Waals surface area contributed by atoms with Crippen LogP contribution in [0.2, 0.25) is 0 Å².